The van der Waals surface area contributed by atoms with Gasteiger partial charge in [0.1, 0.15) is 5.82 Å². The van der Waals surface area contributed by atoms with Crippen molar-refractivity contribution in [3.63, 3.8) is 0 Å². The molecule has 1 atom stereocenters. The van der Waals surface area contributed by atoms with Crippen molar-refractivity contribution in [2.75, 3.05) is 11.9 Å². The van der Waals surface area contributed by atoms with Crippen LogP contribution in [0.25, 0.3) is 0 Å². The zero-order valence-electron chi connectivity index (χ0n) is 7.65. The highest BCUT2D eigenvalue weighted by atomic mass is 19.3. The van der Waals surface area contributed by atoms with Crippen molar-refractivity contribution in [2.24, 2.45) is 0 Å². The summed E-state index contributed by atoms with van der Waals surface area (Å²) < 4.78 is 39.3. The lowest BCUT2D eigenvalue weighted by atomic mass is 9.95. The van der Waals surface area contributed by atoms with Crippen molar-refractivity contribution in [3.05, 3.63) is 29.6 Å². The first-order chi connectivity index (χ1) is 6.50. The van der Waals surface area contributed by atoms with E-state index >= 15 is 0 Å². The lowest BCUT2D eigenvalue weighted by Gasteiger charge is -2.18. The zero-order chi connectivity index (χ0) is 10.3. The molecular formula is C10H10F3N. The predicted octanol–water partition coefficient (Wildman–Crippen LogP) is 2.99. The van der Waals surface area contributed by atoms with Gasteiger partial charge in [-0.15, -0.1) is 0 Å². The van der Waals surface area contributed by atoms with Crippen LogP contribution in [0.15, 0.2) is 18.2 Å². The van der Waals surface area contributed by atoms with Crippen LogP contribution in [0.3, 0.4) is 0 Å². The third-order valence-corrected chi connectivity index (χ3v) is 2.52. The summed E-state index contributed by atoms with van der Waals surface area (Å²) in [4.78, 5) is 0. The van der Waals surface area contributed by atoms with Gasteiger partial charge in [-0.05, 0) is 11.6 Å². The lowest BCUT2D eigenvalue weighted by Crippen LogP contribution is -2.23. The topological polar surface area (TPSA) is 12.0 Å². The Morgan fingerprint density at radius 2 is 2.14 bits per heavy atom. The standard InChI is InChI=1S/C10H10F3N/c1-10(12,13)7-5-14-9-6(7)3-2-4-8(9)11/h2-4,7,14H,5H2,1H3. The van der Waals surface area contributed by atoms with Crippen molar-refractivity contribution in [1.82, 2.24) is 0 Å². The molecule has 1 nitrogen and oxygen atoms in total. The van der Waals surface area contributed by atoms with Gasteiger partial charge in [-0.1, -0.05) is 12.1 Å². The second-order valence-electron chi connectivity index (χ2n) is 3.59. The largest absolute Gasteiger partial charge is 0.382 e. The number of halogens is 3. The van der Waals surface area contributed by atoms with Gasteiger partial charge in [0, 0.05) is 13.5 Å². The number of fused-ring (bicyclic) bond motifs is 1. The number of para-hydroxylation sites is 1. The van der Waals surface area contributed by atoms with E-state index in [2.05, 4.69) is 5.32 Å². The van der Waals surface area contributed by atoms with Gasteiger partial charge < -0.3 is 5.32 Å². The molecule has 0 fully saturated rings. The average molecular weight is 201 g/mol. The lowest BCUT2D eigenvalue weighted by molar-refractivity contribution is -0.00185. The molecule has 1 aliphatic heterocycles. The number of nitrogens with one attached hydrogen (secondary N) is 1. The molecule has 0 spiro atoms. The van der Waals surface area contributed by atoms with Gasteiger partial charge in [0.15, 0.2) is 0 Å². The third kappa shape index (κ3) is 1.35. The number of anilines is 1. The maximum atomic E-state index is 13.1. The molecule has 0 aromatic heterocycles. The van der Waals surface area contributed by atoms with E-state index in [4.69, 9.17) is 0 Å². The third-order valence-electron chi connectivity index (χ3n) is 2.52. The molecular weight excluding hydrogens is 191 g/mol. The Labute approximate surface area is 79.9 Å². The molecule has 76 valence electrons. The molecule has 2 rings (SSSR count). The van der Waals surface area contributed by atoms with Crippen LogP contribution in [0.1, 0.15) is 18.4 Å². The van der Waals surface area contributed by atoms with Crippen LogP contribution in [0.4, 0.5) is 18.9 Å². The summed E-state index contributed by atoms with van der Waals surface area (Å²) >= 11 is 0. The molecule has 0 radical (unpaired) electrons. The summed E-state index contributed by atoms with van der Waals surface area (Å²) in [6, 6.07) is 4.27. The summed E-state index contributed by atoms with van der Waals surface area (Å²) in [5.74, 6) is -4.20. The minimum atomic E-state index is -2.81. The Hall–Kier alpha value is -1.19. The Morgan fingerprint density at radius 3 is 2.79 bits per heavy atom. The first kappa shape index (κ1) is 9.37. The molecule has 0 amide bonds. The van der Waals surface area contributed by atoms with Crippen LogP contribution >= 0.6 is 0 Å². The maximum absolute atomic E-state index is 13.1. The Morgan fingerprint density at radius 1 is 1.43 bits per heavy atom. The van der Waals surface area contributed by atoms with E-state index in [1.807, 2.05) is 0 Å². The van der Waals surface area contributed by atoms with Gasteiger partial charge in [0.25, 0.3) is 5.92 Å². The summed E-state index contributed by atoms with van der Waals surface area (Å²) in [5, 5.41) is 2.67. The van der Waals surface area contributed by atoms with E-state index in [9.17, 15) is 13.2 Å². The van der Waals surface area contributed by atoms with Crippen molar-refractivity contribution in [1.29, 1.82) is 0 Å². The Kier molecular flexibility index (Phi) is 1.94. The van der Waals surface area contributed by atoms with Crippen molar-refractivity contribution < 1.29 is 13.2 Å². The number of hydrogen-bond donors (Lipinski definition) is 1. The van der Waals surface area contributed by atoms with Crippen LogP contribution in [0.5, 0.6) is 0 Å². The molecule has 1 aromatic rings. The predicted molar refractivity (Wildman–Crippen MR) is 48.3 cm³/mol. The summed E-state index contributed by atoms with van der Waals surface area (Å²) in [5.41, 5.74) is 0.594. The SMILES string of the molecule is CC(F)(F)C1CNc2c(F)cccc21. The molecule has 1 unspecified atom stereocenters. The molecule has 4 heteroatoms. The Balaban J connectivity index is 2.45. The normalized spacial score (nSPS) is 20.4. The first-order valence-corrected chi connectivity index (χ1v) is 4.40. The summed E-state index contributed by atoms with van der Waals surface area (Å²) in [7, 11) is 0. The van der Waals surface area contributed by atoms with Gasteiger partial charge in [0.2, 0.25) is 0 Å². The quantitative estimate of drug-likeness (QED) is 0.736. The van der Waals surface area contributed by atoms with Gasteiger partial charge in [-0.25, -0.2) is 13.2 Å². The summed E-state index contributed by atoms with van der Waals surface area (Å²) in [6.45, 7) is 0.957. The van der Waals surface area contributed by atoms with Gasteiger partial charge in [0.05, 0.1) is 11.6 Å². The number of benzene rings is 1. The first-order valence-electron chi connectivity index (χ1n) is 4.40. The minimum Gasteiger partial charge on any atom is -0.382 e. The van der Waals surface area contributed by atoms with E-state index in [-0.39, 0.29) is 12.2 Å². The van der Waals surface area contributed by atoms with Crippen LogP contribution in [-0.2, 0) is 0 Å². The van der Waals surface area contributed by atoms with Crippen LogP contribution in [0.2, 0.25) is 0 Å². The second-order valence-corrected chi connectivity index (χ2v) is 3.59. The molecule has 0 saturated carbocycles. The van der Waals surface area contributed by atoms with E-state index in [1.165, 1.54) is 12.1 Å². The molecule has 0 bridgehead atoms. The monoisotopic (exact) mass is 201 g/mol. The van der Waals surface area contributed by atoms with Crippen LogP contribution < -0.4 is 5.32 Å². The molecule has 1 aromatic carbocycles. The molecule has 1 aliphatic rings. The smallest absolute Gasteiger partial charge is 0.253 e. The molecule has 0 saturated heterocycles. The number of alkyl halides is 2. The van der Waals surface area contributed by atoms with Crippen LogP contribution in [0, 0.1) is 5.82 Å². The van der Waals surface area contributed by atoms with Crippen LogP contribution in [-0.4, -0.2) is 12.5 Å². The van der Waals surface area contributed by atoms with Crippen molar-refractivity contribution in [3.8, 4) is 0 Å². The number of hydrogen-bond acceptors (Lipinski definition) is 1. The van der Waals surface area contributed by atoms with Crippen molar-refractivity contribution in [2.45, 2.75) is 18.8 Å². The van der Waals surface area contributed by atoms with E-state index in [0.29, 0.717) is 5.56 Å². The fourth-order valence-electron chi connectivity index (χ4n) is 1.78. The average Bonchev–Trinajstić information content (AvgIpc) is 2.47. The van der Waals surface area contributed by atoms with E-state index in [1.54, 1.807) is 6.07 Å². The van der Waals surface area contributed by atoms with E-state index < -0.39 is 17.7 Å². The Bertz CT molecular complexity index is 357. The highest BCUT2D eigenvalue weighted by Gasteiger charge is 2.40. The van der Waals surface area contributed by atoms with E-state index in [0.717, 1.165) is 6.92 Å². The fraction of sp³-hybridized carbons (Fsp3) is 0.400. The van der Waals surface area contributed by atoms with Crippen molar-refractivity contribution >= 4 is 5.69 Å². The zero-order valence-corrected chi connectivity index (χ0v) is 7.65. The highest BCUT2D eigenvalue weighted by molar-refractivity contribution is 5.59. The van der Waals surface area contributed by atoms with Gasteiger partial charge in [-0.2, -0.15) is 0 Å². The maximum Gasteiger partial charge on any atom is 0.253 e. The highest BCUT2D eigenvalue weighted by Crippen LogP contribution is 2.41. The molecule has 1 heterocycles. The summed E-state index contributed by atoms with van der Waals surface area (Å²) in [6.07, 6.45) is 0. The second kappa shape index (κ2) is 2.90. The minimum absolute atomic E-state index is 0.0970. The molecule has 1 N–H and O–H groups in total. The van der Waals surface area contributed by atoms with Gasteiger partial charge in [-0.3, -0.25) is 0 Å². The molecule has 0 aliphatic carbocycles. The van der Waals surface area contributed by atoms with Gasteiger partial charge >= 0.3 is 0 Å². The number of rotatable bonds is 1. The molecule has 14 heavy (non-hydrogen) atoms. The fourth-order valence-corrected chi connectivity index (χ4v) is 1.78.